The van der Waals surface area contributed by atoms with Crippen molar-refractivity contribution in [3.8, 4) is 28.3 Å². The van der Waals surface area contributed by atoms with Gasteiger partial charge in [0.1, 0.15) is 12.4 Å². The zero-order chi connectivity index (χ0) is 24.6. The van der Waals surface area contributed by atoms with Crippen molar-refractivity contribution >= 4 is 27.8 Å². The number of hydrogen-bond acceptors (Lipinski definition) is 4. The Kier molecular flexibility index (Phi) is 5.14. The maximum Gasteiger partial charge on any atom is 0.143 e. The van der Waals surface area contributed by atoms with Crippen LogP contribution in [0.15, 0.2) is 128 Å². The minimum absolute atomic E-state index is 0.492. The highest BCUT2D eigenvalue weighted by molar-refractivity contribution is 5.96. The third-order valence-corrected chi connectivity index (χ3v) is 6.83. The predicted molar refractivity (Wildman–Crippen MR) is 149 cm³/mol. The van der Waals surface area contributed by atoms with Crippen molar-refractivity contribution in [2.24, 2.45) is 0 Å². The van der Waals surface area contributed by atoms with Crippen LogP contribution in [0.2, 0.25) is 0 Å². The molecule has 4 heteroatoms. The molecule has 0 saturated heterocycles. The fourth-order valence-electron chi connectivity index (χ4n) is 5.06. The van der Waals surface area contributed by atoms with Crippen LogP contribution in [0.4, 0.5) is 17.1 Å². The lowest BCUT2D eigenvalue weighted by Gasteiger charge is -2.27. The van der Waals surface area contributed by atoms with Crippen LogP contribution in [0.1, 0.15) is 5.56 Å². The number of benzene rings is 4. The van der Waals surface area contributed by atoms with Gasteiger partial charge in [-0.25, -0.2) is 0 Å². The average molecular weight is 478 g/mol. The Morgan fingerprint density at radius 2 is 1.51 bits per heavy atom. The predicted octanol–water partition coefficient (Wildman–Crippen LogP) is 8.33. The number of anilines is 3. The smallest absolute Gasteiger partial charge is 0.143 e. The molecule has 176 valence electrons. The molecule has 0 radical (unpaired) electrons. The van der Waals surface area contributed by atoms with E-state index in [2.05, 4.69) is 94.8 Å². The highest BCUT2D eigenvalue weighted by Crippen LogP contribution is 2.46. The second kappa shape index (κ2) is 8.92. The lowest BCUT2D eigenvalue weighted by Crippen LogP contribution is -2.11. The second-order valence-corrected chi connectivity index (χ2v) is 9.08. The largest absolute Gasteiger partial charge is 0.487 e. The number of nitrogens with zero attached hydrogens (tertiary/aromatic N) is 3. The zero-order valence-electron chi connectivity index (χ0n) is 20.1. The van der Waals surface area contributed by atoms with Crippen LogP contribution in [0.5, 0.6) is 5.75 Å². The third kappa shape index (κ3) is 3.80. The molecule has 7 rings (SSSR count). The summed E-state index contributed by atoms with van der Waals surface area (Å²) < 4.78 is 6.29. The molecule has 0 saturated carbocycles. The number of ether oxygens (including phenoxy) is 1. The second-order valence-electron chi connectivity index (χ2n) is 9.08. The van der Waals surface area contributed by atoms with E-state index in [9.17, 15) is 0 Å². The van der Waals surface area contributed by atoms with Crippen LogP contribution >= 0.6 is 0 Å². The fraction of sp³-hybridized carbons (Fsp3) is 0.0303. The van der Waals surface area contributed by atoms with Gasteiger partial charge in [-0.1, -0.05) is 66.7 Å². The third-order valence-electron chi connectivity index (χ3n) is 6.83. The van der Waals surface area contributed by atoms with E-state index in [0.29, 0.717) is 6.61 Å². The van der Waals surface area contributed by atoms with Gasteiger partial charge in [0.05, 0.1) is 22.8 Å². The quantitative estimate of drug-likeness (QED) is 0.257. The minimum atomic E-state index is 0.492. The lowest BCUT2D eigenvalue weighted by molar-refractivity contribution is 0.310. The van der Waals surface area contributed by atoms with Crippen LogP contribution in [-0.2, 0) is 6.61 Å². The van der Waals surface area contributed by atoms with Gasteiger partial charge in [0, 0.05) is 40.2 Å². The molecule has 37 heavy (non-hydrogen) atoms. The first kappa shape index (κ1) is 21.3. The van der Waals surface area contributed by atoms with E-state index in [1.54, 1.807) is 0 Å². The Morgan fingerprint density at radius 1 is 0.622 bits per heavy atom. The Bertz CT molecular complexity index is 1740. The van der Waals surface area contributed by atoms with Gasteiger partial charge in [-0.2, -0.15) is 0 Å². The lowest BCUT2D eigenvalue weighted by atomic mass is 10.0. The molecule has 2 aromatic heterocycles. The molecular formula is C33H23N3O. The summed E-state index contributed by atoms with van der Waals surface area (Å²) in [6.07, 6.45) is 3.71. The molecule has 0 amide bonds. The number of fused-ring (bicyclic) bond motifs is 3. The molecule has 0 N–H and O–H groups in total. The number of para-hydroxylation sites is 2. The topological polar surface area (TPSA) is 38.2 Å². The summed E-state index contributed by atoms with van der Waals surface area (Å²) in [6, 6.07) is 39.7. The van der Waals surface area contributed by atoms with Crippen molar-refractivity contribution in [2.75, 3.05) is 4.90 Å². The zero-order valence-corrected chi connectivity index (χ0v) is 20.1. The van der Waals surface area contributed by atoms with Crippen molar-refractivity contribution in [1.82, 2.24) is 9.97 Å². The van der Waals surface area contributed by atoms with Gasteiger partial charge in [-0.3, -0.25) is 9.97 Å². The van der Waals surface area contributed by atoms with Crippen molar-refractivity contribution in [1.29, 1.82) is 0 Å². The number of rotatable bonds is 3. The molecule has 1 aliphatic rings. The average Bonchev–Trinajstić information content (AvgIpc) is 3.14. The molecule has 0 bridgehead atoms. The molecule has 0 unspecified atom stereocenters. The van der Waals surface area contributed by atoms with Gasteiger partial charge in [-0.05, 0) is 53.9 Å². The van der Waals surface area contributed by atoms with E-state index in [1.807, 2.05) is 42.7 Å². The van der Waals surface area contributed by atoms with E-state index in [0.717, 1.165) is 56.3 Å². The van der Waals surface area contributed by atoms with Crippen molar-refractivity contribution in [2.45, 2.75) is 6.61 Å². The van der Waals surface area contributed by atoms with Gasteiger partial charge >= 0.3 is 0 Å². The Morgan fingerprint density at radius 3 is 2.46 bits per heavy atom. The van der Waals surface area contributed by atoms with Crippen LogP contribution in [0.3, 0.4) is 0 Å². The van der Waals surface area contributed by atoms with Crippen LogP contribution in [-0.4, -0.2) is 9.97 Å². The molecule has 6 aromatic rings. The van der Waals surface area contributed by atoms with Gasteiger partial charge in [0.15, 0.2) is 0 Å². The first-order valence-electron chi connectivity index (χ1n) is 12.4. The van der Waals surface area contributed by atoms with E-state index >= 15 is 0 Å². The summed E-state index contributed by atoms with van der Waals surface area (Å²) in [5.74, 6) is 0.853. The summed E-state index contributed by atoms with van der Waals surface area (Å²) in [7, 11) is 0. The van der Waals surface area contributed by atoms with E-state index in [-0.39, 0.29) is 0 Å². The SMILES string of the molecule is c1ccc(-c2cccc(N3c4cc(-c5nccc6ccccc56)ccc4COc4ccccc43)c2)nc1. The number of aromatic nitrogens is 2. The molecule has 0 atom stereocenters. The van der Waals surface area contributed by atoms with Gasteiger partial charge < -0.3 is 9.64 Å². The monoisotopic (exact) mass is 477 g/mol. The summed E-state index contributed by atoms with van der Waals surface area (Å²) in [6.45, 7) is 0.492. The molecular weight excluding hydrogens is 454 g/mol. The first-order valence-corrected chi connectivity index (χ1v) is 12.4. The summed E-state index contributed by atoms with van der Waals surface area (Å²) in [5, 5.41) is 2.31. The summed E-state index contributed by atoms with van der Waals surface area (Å²) >= 11 is 0. The number of pyridine rings is 2. The minimum Gasteiger partial charge on any atom is -0.487 e. The fourth-order valence-corrected chi connectivity index (χ4v) is 5.06. The van der Waals surface area contributed by atoms with E-state index < -0.39 is 0 Å². The van der Waals surface area contributed by atoms with Crippen molar-refractivity contribution < 1.29 is 4.74 Å². The van der Waals surface area contributed by atoms with E-state index in [1.165, 1.54) is 5.39 Å². The molecule has 3 heterocycles. The maximum atomic E-state index is 6.29. The first-order chi connectivity index (χ1) is 18.3. The van der Waals surface area contributed by atoms with Crippen molar-refractivity contribution in [3.05, 3.63) is 133 Å². The normalized spacial score (nSPS) is 12.4. The Labute approximate surface area is 215 Å². The van der Waals surface area contributed by atoms with Gasteiger partial charge in [0.25, 0.3) is 0 Å². The highest BCUT2D eigenvalue weighted by atomic mass is 16.5. The van der Waals surface area contributed by atoms with Crippen LogP contribution in [0.25, 0.3) is 33.3 Å². The molecule has 4 aromatic carbocycles. The van der Waals surface area contributed by atoms with Crippen LogP contribution in [0, 0.1) is 0 Å². The van der Waals surface area contributed by atoms with Gasteiger partial charge in [0.2, 0.25) is 0 Å². The number of hydrogen-bond donors (Lipinski definition) is 0. The summed E-state index contributed by atoms with van der Waals surface area (Å²) in [4.78, 5) is 11.7. The highest BCUT2D eigenvalue weighted by Gasteiger charge is 2.24. The molecule has 0 fully saturated rings. The molecule has 1 aliphatic heterocycles. The van der Waals surface area contributed by atoms with Gasteiger partial charge in [-0.15, -0.1) is 0 Å². The van der Waals surface area contributed by atoms with E-state index in [4.69, 9.17) is 9.72 Å². The Hall–Kier alpha value is -4.96. The summed E-state index contributed by atoms with van der Waals surface area (Å²) in [5.41, 5.74) is 8.29. The van der Waals surface area contributed by atoms with Crippen LogP contribution < -0.4 is 9.64 Å². The van der Waals surface area contributed by atoms with Crippen molar-refractivity contribution in [3.63, 3.8) is 0 Å². The maximum absolute atomic E-state index is 6.29. The molecule has 0 spiro atoms. The molecule has 0 aliphatic carbocycles. The molecule has 4 nitrogen and oxygen atoms in total. The standard InChI is InChI=1S/C33H23N3O/c1-2-11-28-23(8-1)17-19-35-33(28)25-15-16-26-22-37-32-14-4-3-13-30(32)36(31(26)21-25)27-10-7-9-24(20-27)29-12-5-6-18-34-29/h1-21H,22H2. The Balaban J connectivity index is 1.44.